The smallest absolute Gasteiger partial charge is 0.238 e. The molecule has 1 aliphatic rings. The van der Waals surface area contributed by atoms with E-state index in [9.17, 15) is 13.2 Å². The summed E-state index contributed by atoms with van der Waals surface area (Å²) in [6, 6.07) is 4.50. The molecule has 128 valence electrons. The molecule has 1 saturated carbocycles. The van der Waals surface area contributed by atoms with E-state index in [4.69, 9.17) is 5.14 Å². The van der Waals surface area contributed by atoms with Crippen molar-refractivity contribution in [3.8, 4) is 0 Å². The van der Waals surface area contributed by atoms with Gasteiger partial charge in [-0.2, -0.15) is 0 Å². The van der Waals surface area contributed by atoms with Gasteiger partial charge in [0, 0.05) is 20.5 Å². The molecule has 0 saturated heterocycles. The Balaban J connectivity index is 2.10. The minimum absolute atomic E-state index is 0.00538. The number of nitrogens with two attached hydrogens (primary N) is 1. The maximum absolute atomic E-state index is 12.2. The third-order valence-corrected chi connectivity index (χ3v) is 5.22. The summed E-state index contributed by atoms with van der Waals surface area (Å²) in [6.07, 6.45) is 6.27. The Morgan fingerprint density at radius 3 is 2.52 bits per heavy atom. The van der Waals surface area contributed by atoms with Crippen molar-refractivity contribution in [2.45, 2.75) is 43.4 Å². The number of primary sulfonamides is 1. The van der Waals surface area contributed by atoms with Gasteiger partial charge in [-0.25, -0.2) is 13.6 Å². The molecule has 0 heterocycles. The van der Waals surface area contributed by atoms with Crippen molar-refractivity contribution < 1.29 is 13.2 Å². The molecule has 1 fully saturated rings. The first kappa shape index (κ1) is 17.7. The molecule has 1 aromatic carbocycles. The van der Waals surface area contributed by atoms with Crippen molar-refractivity contribution in [1.82, 2.24) is 0 Å². The van der Waals surface area contributed by atoms with E-state index in [1.54, 1.807) is 6.07 Å². The second-order valence-corrected chi connectivity index (χ2v) is 7.92. The first-order valence-corrected chi connectivity index (χ1v) is 9.46. The normalized spacial score (nSPS) is 15.6. The molecule has 1 amide bonds. The monoisotopic (exact) mass is 339 g/mol. The highest BCUT2D eigenvalue weighted by Crippen LogP contribution is 2.30. The molecule has 3 N–H and O–H groups in total. The standard InChI is InChI=1S/C16H25N3O3S/c1-19(2)15-9-8-13(23(17,21)22)11-14(15)18-16(20)10-7-12-5-3-4-6-12/h8-9,11-12H,3-7,10H2,1-2H3,(H,18,20)(H2,17,21,22). The van der Waals surface area contributed by atoms with Crippen LogP contribution in [0.2, 0.25) is 0 Å². The molecule has 0 aliphatic heterocycles. The number of hydrogen-bond acceptors (Lipinski definition) is 4. The lowest BCUT2D eigenvalue weighted by molar-refractivity contribution is -0.116. The molecular formula is C16H25N3O3S. The Labute approximate surface area is 138 Å². The van der Waals surface area contributed by atoms with Gasteiger partial charge in [-0.1, -0.05) is 25.7 Å². The highest BCUT2D eigenvalue weighted by Gasteiger charge is 2.18. The van der Waals surface area contributed by atoms with E-state index in [2.05, 4.69) is 5.32 Å². The van der Waals surface area contributed by atoms with Crippen LogP contribution in [-0.4, -0.2) is 28.4 Å². The molecule has 0 radical (unpaired) electrons. The molecule has 23 heavy (non-hydrogen) atoms. The highest BCUT2D eigenvalue weighted by atomic mass is 32.2. The maximum Gasteiger partial charge on any atom is 0.238 e. The largest absolute Gasteiger partial charge is 0.376 e. The van der Waals surface area contributed by atoms with Crippen LogP contribution in [0.25, 0.3) is 0 Å². The zero-order valence-corrected chi connectivity index (χ0v) is 14.5. The number of hydrogen-bond donors (Lipinski definition) is 2. The van der Waals surface area contributed by atoms with Gasteiger partial charge in [0.25, 0.3) is 0 Å². The fraction of sp³-hybridized carbons (Fsp3) is 0.562. The summed E-state index contributed by atoms with van der Waals surface area (Å²) >= 11 is 0. The van der Waals surface area contributed by atoms with Crippen LogP contribution >= 0.6 is 0 Å². The van der Waals surface area contributed by atoms with Crippen molar-refractivity contribution >= 4 is 27.3 Å². The number of nitrogens with one attached hydrogen (secondary N) is 1. The molecule has 0 atom stereocenters. The van der Waals surface area contributed by atoms with Gasteiger partial charge in [-0.3, -0.25) is 4.79 Å². The predicted molar refractivity (Wildman–Crippen MR) is 92.0 cm³/mol. The van der Waals surface area contributed by atoms with E-state index in [1.165, 1.54) is 37.8 Å². The van der Waals surface area contributed by atoms with Crippen molar-refractivity contribution in [3.05, 3.63) is 18.2 Å². The fourth-order valence-corrected chi connectivity index (χ4v) is 3.57. The molecule has 0 unspecified atom stereocenters. The van der Waals surface area contributed by atoms with E-state index >= 15 is 0 Å². The second kappa shape index (κ2) is 7.31. The van der Waals surface area contributed by atoms with Crippen LogP contribution in [0.3, 0.4) is 0 Å². The average Bonchev–Trinajstić information content (AvgIpc) is 2.97. The van der Waals surface area contributed by atoms with E-state index in [-0.39, 0.29) is 10.8 Å². The number of nitrogens with zero attached hydrogens (tertiary/aromatic N) is 1. The van der Waals surface area contributed by atoms with Crippen molar-refractivity contribution in [1.29, 1.82) is 0 Å². The Morgan fingerprint density at radius 1 is 1.30 bits per heavy atom. The first-order chi connectivity index (χ1) is 10.8. The quantitative estimate of drug-likeness (QED) is 0.832. The van der Waals surface area contributed by atoms with E-state index in [1.807, 2.05) is 19.0 Å². The van der Waals surface area contributed by atoms with Crippen LogP contribution in [0.1, 0.15) is 38.5 Å². The fourth-order valence-electron chi connectivity index (χ4n) is 3.03. The first-order valence-electron chi connectivity index (χ1n) is 7.91. The summed E-state index contributed by atoms with van der Waals surface area (Å²) in [5, 5.41) is 8.00. The van der Waals surface area contributed by atoms with Gasteiger partial charge < -0.3 is 10.2 Å². The lowest BCUT2D eigenvalue weighted by atomic mass is 10.0. The number of sulfonamides is 1. The summed E-state index contributed by atoms with van der Waals surface area (Å²) < 4.78 is 23.0. The Bertz CT molecular complexity index is 665. The van der Waals surface area contributed by atoms with Gasteiger partial charge >= 0.3 is 0 Å². The summed E-state index contributed by atoms with van der Waals surface area (Å²) in [4.78, 5) is 14.0. The lowest BCUT2D eigenvalue weighted by Crippen LogP contribution is -2.19. The van der Waals surface area contributed by atoms with Crippen LogP contribution in [0.4, 0.5) is 11.4 Å². The van der Waals surface area contributed by atoms with Crippen LogP contribution in [-0.2, 0) is 14.8 Å². The number of benzene rings is 1. The minimum atomic E-state index is -3.80. The van der Waals surface area contributed by atoms with Gasteiger partial charge in [0.05, 0.1) is 16.3 Å². The van der Waals surface area contributed by atoms with Crippen LogP contribution in [0, 0.1) is 5.92 Å². The molecule has 6 nitrogen and oxygen atoms in total. The third-order valence-electron chi connectivity index (χ3n) is 4.31. The zero-order valence-electron chi connectivity index (χ0n) is 13.7. The minimum Gasteiger partial charge on any atom is -0.376 e. The van der Waals surface area contributed by atoms with E-state index in [0.717, 1.165) is 12.1 Å². The Hall–Kier alpha value is -1.60. The van der Waals surface area contributed by atoms with Gasteiger partial charge in [0.15, 0.2) is 0 Å². The molecule has 1 aliphatic carbocycles. The molecule has 1 aromatic rings. The van der Waals surface area contributed by atoms with Gasteiger partial charge in [0.2, 0.25) is 15.9 Å². The van der Waals surface area contributed by atoms with Crippen molar-refractivity contribution in [3.63, 3.8) is 0 Å². The molecule has 7 heteroatoms. The molecular weight excluding hydrogens is 314 g/mol. The molecule has 2 rings (SSSR count). The summed E-state index contributed by atoms with van der Waals surface area (Å²) in [6.45, 7) is 0. The van der Waals surface area contributed by atoms with Gasteiger partial charge in [0.1, 0.15) is 0 Å². The zero-order chi connectivity index (χ0) is 17.0. The number of anilines is 2. The summed E-state index contributed by atoms with van der Waals surface area (Å²) in [7, 11) is -0.132. The van der Waals surface area contributed by atoms with E-state index in [0.29, 0.717) is 18.0 Å². The van der Waals surface area contributed by atoms with Crippen LogP contribution in [0.5, 0.6) is 0 Å². The molecule has 0 bridgehead atoms. The predicted octanol–water partition coefficient (Wildman–Crippen LogP) is 2.31. The Kier molecular flexibility index (Phi) is 5.64. The van der Waals surface area contributed by atoms with E-state index < -0.39 is 10.0 Å². The van der Waals surface area contributed by atoms with Gasteiger partial charge in [-0.05, 0) is 30.5 Å². The van der Waals surface area contributed by atoms with Crippen LogP contribution in [0.15, 0.2) is 23.1 Å². The number of carbonyl (C=O) groups excluding carboxylic acids is 1. The average molecular weight is 339 g/mol. The number of carbonyl (C=O) groups is 1. The van der Waals surface area contributed by atoms with Crippen molar-refractivity contribution in [2.75, 3.05) is 24.3 Å². The number of amides is 1. The number of rotatable bonds is 6. The lowest BCUT2D eigenvalue weighted by Gasteiger charge is -2.19. The second-order valence-electron chi connectivity index (χ2n) is 6.36. The SMILES string of the molecule is CN(C)c1ccc(S(N)(=O)=O)cc1NC(=O)CCC1CCCC1. The van der Waals surface area contributed by atoms with Crippen LogP contribution < -0.4 is 15.4 Å². The maximum atomic E-state index is 12.2. The topological polar surface area (TPSA) is 92.5 Å². The molecule has 0 aromatic heterocycles. The summed E-state index contributed by atoms with van der Waals surface area (Å²) in [5.74, 6) is 0.552. The highest BCUT2D eigenvalue weighted by molar-refractivity contribution is 7.89. The Morgan fingerprint density at radius 2 is 1.96 bits per heavy atom. The third kappa shape index (κ3) is 4.94. The summed E-state index contributed by atoms with van der Waals surface area (Å²) in [5.41, 5.74) is 1.21. The van der Waals surface area contributed by atoms with Gasteiger partial charge in [-0.15, -0.1) is 0 Å². The van der Waals surface area contributed by atoms with Crippen molar-refractivity contribution in [2.24, 2.45) is 11.1 Å². The molecule has 0 spiro atoms.